The molecule has 0 spiro atoms. The minimum absolute atomic E-state index is 0.0356. The van der Waals surface area contributed by atoms with Crippen LogP contribution in [0, 0.1) is 0 Å². The van der Waals surface area contributed by atoms with Crippen molar-refractivity contribution in [3.8, 4) is 11.3 Å². The first kappa shape index (κ1) is 21.8. The van der Waals surface area contributed by atoms with Crippen molar-refractivity contribution < 1.29 is 14.3 Å². The lowest BCUT2D eigenvalue weighted by atomic mass is 10.1. The Morgan fingerprint density at radius 1 is 1.29 bits per heavy atom. The number of rotatable bonds is 6. The molecule has 0 bridgehead atoms. The molecule has 2 atom stereocenters. The molecule has 0 saturated carbocycles. The molecule has 1 saturated heterocycles. The predicted octanol–water partition coefficient (Wildman–Crippen LogP) is 2.53. The smallest absolute Gasteiger partial charge is 0.272 e. The van der Waals surface area contributed by atoms with Gasteiger partial charge in [-0.2, -0.15) is 5.10 Å². The fraction of sp³-hybridized carbons (Fsp3) is 0.500. The number of aromatic nitrogens is 2. The van der Waals surface area contributed by atoms with Crippen LogP contribution in [0.5, 0.6) is 0 Å². The molecule has 0 radical (unpaired) electrons. The summed E-state index contributed by atoms with van der Waals surface area (Å²) in [5.74, 6) is -0.279. The molecule has 1 fully saturated rings. The Bertz CT molecular complexity index is 945. The van der Waals surface area contributed by atoms with Gasteiger partial charge in [0.2, 0.25) is 5.91 Å². The van der Waals surface area contributed by atoms with Crippen LogP contribution < -0.4 is 5.73 Å². The Labute approximate surface area is 186 Å². The van der Waals surface area contributed by atoms with Crippen LogP contribution in [-0.4, -0.2) is 70.4 Å². The summed E-state index contributed by atoms with van der Waals surface area (Å²) < 4.78 is 7.15. The third-order valence-corrected chi connectivity index (χ3v) is 6.07. The summed E-state index contributed by atoms with van der Waals surface area (Å²) in [5.41, 5.74) is 7.96. The normalized spacial score (nSPS) is 21.3. The standard InChI is InChI=1S/C22H28ClN5O3/c1-2-3-4-17-12-27(14-21(29)26-9-10-31-20(24)13-26)22(30)19-11-18(25-28(17)19)15-5-7-16(23)8-6-15/h5-8,11,17,20H,2-4,9-10,12-14,24H2,1H3. The summed E-state index contributed by atoms with van der Waals surface area (Å²) in [6, 6.07) is 9.25. The number of fused-ring (bicyclic) bond motifs is 1. The largest absolute Gasteiger partial charge is 0.360 e. The Balaban J connectivity index is 1.57. The number of morpholine rings is 1. The van der Waals surface area contributed by atoms with E-state index in [0.717, 1.165) is 30.5 Å². The molecule has 2 amide bonds. The van der Waals surface area contributed by atoms with E-state index in [2.05, 4.69) is 6.92 Å². The third kappa shape index (κ3) is 4.76. The van der Waals surface area contributed by atoms with E-state index < -0.39 is 6.23 Å². The van der Waals surface area contributed by atoms with Crippen LogP contribution in [0.15, 0.2) is 30.3 Å². The second-order valence-corrected chi connectivity index (χ2v) is 8.53. The molecule has 1 aromatic carbocycles. The van der Waals surface area contributed by atoms with Crippen molar-refractivity contribution in [2.45, 2.75) is 38.5 Å². The second-order valence-electron chi connectivity index (χ2n) is 8.10. The van der Waals surface area contributed by atoms with Crippen molar-refractivity contribution in [1.82, 2.24) is 19.6 Å². The quantitative estimate of drug-likeness (QED) is 0.737. The fourth-order valence-electron chi connectivity index (χ4n) is 4.13. The summed E-state index contributed by atoms with van der Waals surface area (Å²) in [4.78, 5) is 29.4. The van der Waals surface area contributed by atoms with Crippen LogP contribution in [-0.2, 0) is 9.53 Å². The molecule has 9 heteroatoms. The molecule has 2 aliphatic rings. The number of benzene rings is 1. The third-order valence-electron chi connectivity index (χ3n) is 5.82. The molecule has 3 heterocycles. The molecule has 166 valence electrons. The lowest BCUT2D eigenvalue weighted by Gasteiger charge is -2.36. The molecule has 2 unspecified atom stereocenters. The van der Waals surface area contributed by atoms with Crippen molar-refractivity contribution in [3.05, 3.63) is 41.0 Å². The van der Waals surface area contributed by atoms with Gasteiger partial charge in [0.15, 0.2) is 0 Å². The van der Waals surface area contributed by atoms with Crippen molar-refractivity contribution in [2.75, 3.05) is 32.8 Å². The van der Waals surface area contributed by atoms with Gasteiger partial charge in [-0.15, -0.1) is 0 Å². The number of hydrogen-bond donors (Lipinski definition) is 1. The zero-order chi connectivity index (χ0) is 22.0. The first-order valence-electron chi connectivity index (χ1n) is 10.8. The van der Waals surface area contributed by atoms with Crippen molar-refractivity contribution in [3.63, 3.8) is 0 Å². The van der Waals surface area contributed by atoms with Gasteiger partial charge in [0.1, 0.15) is 18.5 Å². The number of ether oxygens (including phenoxy) is 1. The fourth-order valence-corrected chi connectivity index (χ4v) is 4.25. The van der Waals surface area contributed by atoms with Gasteiger partial charge in [-0.1, -0.05) is 43.5 Å². The number of carbonyl (C=O) groups excluding carboxylic acids is 2. The highest BCUT2D eigenvalue weighted by Crippen LogP contribution is 2.29. The van der Waals surface area contributed by atoms with E-state index in [0.29, 0.717) is 37.0 Å². The van der Waals surface area contributed by atoms with Crippen LogP contribution in [0.1, 0.15) is 42.7 Å². The number of halogens is 1. The number of nitrogens with two attached hydrogens (primary N) is 1. The van der Waals surface area contributed by atoms with Gasteiger partial charge in [-0.05, 0) is 24.6 Å². The summed E-state index contributed by atoms with van der Waals surface area (Å²) in [5, 5.41) is 5.40. The maximum Gasteiger partial charge on any atom is 0.272 e. The molecule has 31 heavy (non-hydrogen) atoms. The average molecular weight is 446 g/mol. The van der Waals surface area contributed by atoms with Crippen LogP contribution in [0.2, 0.25) is 5.02 Å². The van der Waals surface area contributed by atoms with Crippen LogP contribution in [0.25, 0.3) is 11.3 Å². The Hall–Kier alpha value is -2.42. The van der Waals surface area contributed by atoms with Crippen LogP contribution in [0.4, 0.5) is 0 Å². The highest BCUT2D eigenvalue weighted by atomic mass is 35.5. The predicted molar refractivity (Wildman–Crippen MR) is 118 cm³/mol. The number of unbranched alkanes of at least 4 members (excludes halogenated alkanes) is 1. The first-order valence-corrected chi connectivity index (χ1v) is 11.1. The lowest BCUT2D eigenvalue weighted by Crippen LogP contribution is -2.53. The van der Waals surface area contributed by atoms with Gasteiger partial charge < -0.3 is 20.3 Å². The highest BCUT2D eigenvalue weighted by Gasteiger charge is 2.35. The van der Waals surface area contributed by atoms with Crippen molar-refractivity contribution in [1.29, 1.82) is 0 Å². The van der Waals surface area contributed by atoms with E-state index >= 15 is 0 Å². The zero-order valence-electron chi connectivity index (χ0n) is 17.7. The molecular formula is C22H28ClN5O3. The monoisotopic (exact) mass is 445 g/mol. The number of amides is 2. The molecule has 8 nitrogen and oxygen atoms in total. The summed E-state index contributed by atoms with van der Waals surface area (Å²) in [6.45, 7) is 3.90. The molecular weight excluding hydrogens is 418 g/mol. The SMILES string of the molecule is CCCCC1CN(CC(=O)N2CCOC(N)C2)C(=O)c2cc(-c3ccc(Cl)cc3)nn21. The topological polar surface area (TPSA) is 93.7 Å². The molecule has 0 aliphatic carbocycles. The lowest BCUT2D eigenvalue weighted by molar-refractivity contribution is -0.139. The Morgan fingerprint density at radius 2 is 2.06 bits per heavy atom. The van der Waals surface area contributed by atoms with Crippen molar-refractivity contribution in [2.24, 2.45) is 5.73 Å². The van der Waals surface area contributed by atoms with E-state index in [4.69, 9.17) is 27.2 Å². The summed E-state index contributed by atoms with van der Waals surface area (Å²) in [7, 11) is 0. The van der Waals surface area contributed by atoms with Gasteiger partial charge in [0, 0.05) is 23.7 Å². The van der Waals surface area contributed by atoms with Gasteiger partial charge in [-0.25, -0.2) is 0 Å². The van der Waals surface area contributed by atoms with Crippen LogP contribution >= 0.6 is 11.6 Å². The maximum atomic E-state index is 13.2. The average Bonchev–Trinajstić information content (AvgIpc) is 3.21. The first-order chi connectivity index (χ1) is 15.0. The summed E-state index contributed by atoms with van der Waals surface area (Å²) in [6.07, 6.45) is 2.49. The van der Waals surface area contributed by atoms with E-state index in [9.17, 15) is 9.59 Å². The number of carbonyl (C=O) groups is 2. The van der Waals surface area contributed by atoms with E-state index in [1.165, 1.54) is 0 Å². The minimum Gasteiger partial charge on any atom is -0.360 e. The van der Waals surface area contributed by atoms with Gasteiger partial charge >= 0.3 is 0 Å². The minimum atomic E-state index is -0.476. The van der Waals surface area contributed by atoms with Gasteiger partial charge in [-0.3, -0.25) is 14.3 Å². The van der Waals surface area contributed by atoms with Gasteiger partial charge in [0.05, 0.1) is 24.9 Å². The molecule has 1 aromatic heterocycles. The molecule has 4 rings (SSSR count). The highest BCUT2D eigenvalue weighted by molar-refractivity contribution is 6.30. The molecule has 2 N–H and O–H groups in total. The van der Waals surface area contributed by atoms with E-state index in [1.807, 2.05) is 35.0 Å². The van der Waals surface area contributed by atoms with Crippen molar-refractivity contribution >= 4 is 23.4 Å². The second kappa shape index (κ2) is 9.38. The zero-order valence-corrected chi connectivity index (χ0v) is 18.4. The molecule has 2 aliphatic heterocycles. The maximum absolute atomic E-state index is 13.2. The summed E-state index contributed by atoms with van der Waals surface area (Å²) >= 11 is 6.01. The van der Waals surface area contributed by atoms with E-state index in [1.54, 1.807) is 9.80 Å². The number of hydrogen-bond acceptors (Lipinski definition) is 5. The van der Waals surface area contributed by atoms with Gasteiger partial charge in [0.25, 0.3) is 5.91 Å². The van der Waals surface area contributed by atoms with E-state index in [-0.39, 0.29) is 24.4 Å². The number of nitrogens with zero attached hydrogens (tertiary/aromatic N) is 4. The molecule has 2 aromatic rings. The van der Waals surface area contributed by atoms with Crippen LogP contribution in [0.3, 0.4) is 0 Å². The Kier molecular flexibility index (Phi) is 6.60. The Morgan fingerprint density at radius 3 is 2.77 bits per heavy atom.